The van der Waals surface area contributed by atoms with Crippen molar-refractivity contribution in [3.63, 3.8) is 0 Å². The Bertz CT molecular complexity index is 1450. The maximum Gasteiger partial charge on any atom is 0.346 e. The summed E-state index contributed by atoms with van der Waals surface area (Å²) in [6.07, 6.45) is 1.54. The van der Waals surface area contributed by atoms with Crippen LogP contribution < -0.4 is 21.9 Å². The lowest BCUT2D eigenvalue weighted by molar-refractivity contribution is -0.124. The van der Waals surface area contributed by atoms with E-state index in [1.807, 2.05) is 6.92 Å². The lowest BCUT2D eigenvalue weighted by Crippen LogP contribution is -2.52. The lowest BCUT2D eigenvalue weighted by Gasteiger charge is -2.37. The molecule has 9 nitrogen and oxygen atoms in total. The number of carboxylic acid groups (broad SMARTS) is 1. The van der Waals surface area contributed by atoms with Crippen molar-refractivity contribution in [3.8, 4) is 11.6 Å². The van der Waals surface area contributed by atoms with Crippen LogP contribution in [0.5, 0.6) is 11.6 Å². The third kappa shape index (κ3) is 2.99. The number of carboxylic acids is 1. The molecule has 2 aromatic carbocycles. The fourth-order valence-electron chi connectivity index (χ4n) is 4.42. The van der Waals surface area contributed by atoms with Crippen LogP contribution in [0.25, 0.3) is 10.1 Å². The van der Waals surface area contributed by atoms with E-state index in [9.17, 15) is 14.7 Å². The Morgan fingerprint density at radius 2 is 1.97 bits per heavy atom. The van der Waals surface area contributed by atoms with E-state index in [4.69, 9.17) is 21.9 Å². The normalized spacial score (nSPS) is 19.6. The van der Waals surface area contributed by atoms with Gasteiger partial charge in [-0.3, -0.25) is 4.79 Å². The van der Waals surface area contributed by atoms with Gasteiger partial charge in [0.05, 0.1) is 10.7 Å². The van der Waals surface area contributed by atoms with Crippen molar-refractivity contribution in [1.29, 1.82) is 0 Å². The first-order valence-electron chi connectivity index (χ1n) is 9.97. The molecule has 0 saturated carbocycles. The van der Waals surface area contributed by atoms with Crippen LogP contribution in [-0.2, 0) is 10.3 Å². The molecule has 1 aliphatic rings. The molecular weight excluding hydrogens is 442 g/mol. The van der Waals surface area contributed by atoms with Gasteiger partial charge < -0.3 is 27.0 Å². The summed E-state index contributed by atoms with van der Waals surface area (Å²) >= 11 is 1.00. The molecule has 2 heterocycles. The molecule has 0 saturated heterocycles. The number of nitrogens with two attached hydrogens (primary N) is 3. The number of rotatable bonds is 4. The summed E-state index contributed by atoms with van der Waals surface area (Å²) in [5.41, 5.74) is 20.1. The van der Waals surface area contributed by atoms with E-state index in [-0.39, 0.29) is 10.4 Å². The number of aryl methyl sites for hydroxylation is 1. The molecule has 10 heteroatoms. The molecule has 0 aliphatic heterocycles. The summed E-state index contributed by atoms with van der Waals surface area (Å²) in [6.45, 7) is 1.81. The summed E-state index contributed by atoms with van der Waals surface area (Å²) in [5, 5.41) is 17.9. The Balaban J connectivity index is 1.70. The Morgan fingerprint density at radius 3 is 2.64 bits per heavy atom. The number of nitrogens with zero attached hydrogens (tertiary/aromatic N) is 2. The maximum absolute atomic E-state index is 13.6. The highest BCUT2D eigenvalue weighted by Gasteiger charge is 2.49. The van der Waals surface area contributed by atoms with Crippen LogP contribution in [-0.4, -0.2) is 27.1 Å². The molecule has 1 aliphatic carbocycles. The molecule has 0 fully saturated rings. The molecular formula is C23H19N5O4S. The molecule has 2 unspecified atom stereocenters. The number of nitrogen functional groups attached to an aromatic ring is 1. The topological polar surface area (TPSA) is 167 Å². The number of carbonyl (C=O) groups excluding carboxylic acids is 1. The summed E-state index contributed by atoms with van der Waals surface area (Å²) in [6, 6.07) is 10.6. The number of ketones is 1. The van der Waals surface area contributed by atoms with E-state index in [0.717, 1.165) is 11.3 Å². The van der Waals surface area contributed by atoms with Crippen molar-refractivity contribution in [2.24, 2.45) is 11.5 Å². The highest BCUT2D eigenvalue weighted by Crippen LogP contribution is 2.50. The number of hydrogen-bond acceptors (Lipinski definition) is 9. The first-order valence-corrected chi connectivity index (χ1v) is 10.8. The van der Waals surface area contributed by atoms with Gasteiger partial charge in [-0.25, -0.2) is 4.79 Å². The van der Waals surface area contributed by atoms with Crippen LogP contribution in [0.2, 0.25) is 0 Å². The van der Waals surface area contributed by atoms with E-state index < -0.39 is 23.3 Å². The Kier molecular flexibility index (Phi) is 4.67. The van der Waals surface area contributed by atoms with Crippen molar-refractivity contribution < 1.29 is 19.4 Å². The third-order valence-electron chi connectivity index (χ3n) is 5.90. The van der Waals surface area contributed by atoms with Gasteiger partial charge in [0.2, 0.25) is 5.88 Å². The number of carbonyl (C=O) groups is 2. The first kappa shape index (κ1) is 21.0. The highest BCUT2D eigenvalue weighted by atomic mass is 32.1. The minimum atomic E-state index is -1.59. The zero-order valence-electron chi connectivity index (χ0n) is 17.4. The van der Waals surface area contributed by atoms with Crippen LogP contribution in [0.4, 0.5) is 5.69 Å². The second-order valence-electron chi connectivity index (χ2n) is 7.85. The monoisotopic (exact) mass is 461 g/mol. The minimum absolute atomic E-state index is 0.00325. The Hall–Kier alpha value is -3.86. The quantitative estimate of drug-likeness (QED) is 0.334. The summed E-state index contributed by atoms with van der Waals surface area (Å²) < 4.78 is 6.29. The van der Waals surface area contributed by atoms with E-state index in [2.05, 4.69) is 10.2 Å². The largest absolute Gasteiger partial charge is 0.477 e. The van der Waals surface area contributed by atoms with Gasteiger partial charge in [0.25, 0.3) is 0 Å². The van der Waals surface area contributed by atoms with Crippen LogP contribution in [0.1, 0.15) is 38.0 Å². The van der Waals surface area contributed by atoms with E-state index in [1.54, 1.807) is 48.7 Å². The number of hydrogen-bond donors (Lipinski definition) is 4. The van der Waals surface area contributed by atoms with Crippen molar-refractivity contribution in [3.05, 3.63) is 75.8 Å². The standard InChI is InChI=1S/C23H19N5O4S/c1-10-9-11(32-15-3-2-8-27-28-15)4-5-12(10)23(26)13-6-7-14(24)19-16(13)17(18(25)21(23)29)20(33-19)22(30)31/h2-9,18H,24-26H2,1H3,(H,30,31). The number of Topliss-reactive ketones (excluding diaryl/α,β-unsaturated/α-hetero) is 1. The van der Waals surface area contributed by atoms with Gasteiger partial charge in [0.1, 0.15) is 16.2 Å². The van der Waals surface area contributed by atoms with Gasteiger partial charge in [0.15, 0.2) is 5.78 Å². The van der Waals surface area contributed by atoms with E-state index in [1.165, 1.54) is 0 Å². The van der Waals surface area contributed by atoms with Gasteiger partial charge in [0, 0.05) is 28.9 Å². The number of aromatic nitrogens is 2. The van der Waals surface area contributed by atoms with E-state index >= 15 is 0 Å². The van der Waals surface area contributed by atoms with Crippen LogP contribution in [0.3, 0.4) is 0 Å². The lowest BCUT2D eigenvalue weighted by atomic mass is 9.69. The van der Waals surface area contributed by atoms with Gasteiger partial charge in [-0.05, 0) is 47.9 Å². The Labute approximate surface area is 191 Å². The SMILES string of the molecule is Cc1cc(Oc2cccnn2)ccc1C1(N)C(=O)C(N)c2c(C(=O)O)sc3c(N)ccc1c23. The summed E-state index contributed by atoms with van der Waals surface area (Å²) in [7, 11) is 0. The second kappa shape index (κ2) is 7.34. The van der Waals surface area contributed by atoms with Gasteiger partial charge in [-0.1, -0.05) is 12.1 Å². The van der Waals surface area contributed by atoms with Crippen molar-refractivity contribution in [2.75, 3.05) is 5.73 Å². The molecule has 0 radical (unpaired) electrons. The molecule has 2 atom stereocenters. The molecule has 0 amide bonds. The van der Waals surface area contributed by atoms with Crippen molar-refractivity contribution in [1.82, 2.24) is 10.2 Å². The molecule has 2 aromatic heterocycles. The van der Waals surface area contributed by atoms with Crippen LogP contribution in [0.15, 0.2) is 48.7 Å². The molecule has 7 N–H and O–H groups in total. The number of anilines is 1. The predicted molar refractivity (Wildman–Crippen MR) is 123 cm³/mol. The van der Waals surface area contributed by atoms with Gasteiger partial charge in [-0.15, -0.1) is 16.4 Å². The fraction of sp³-hybridized carbons (Fsp3) is 0.130. The maximum atomic E-state index is 13.6. The van der Waals surface area contributed by atoms with Crippen LogP contribution >= 0.6 is 11.3 Å². The van der Waals surface area contributed by atoms with Crippen molar-refractivity contribution in [2.45, 2.75) is 18.5 Å². The average molecular weight is 462 g/mol. The highest BCUT2D eigenvalue weighted by molar-refractivity contribution is 7.21. The zero-order valence-corrected chi connectivity index (χ0v) is 18.2. The summed E-state index contributed by atoms with van der Waals surface area (Å²) in [5.74, 6) is -0.828. The zero-order chi connectivity index (χ0) is 23.5. The molecule has 0 spiro atoms. The summed E-state index contributed by atoms with van der Waals surface area (Å²) in [4.78, 5) is 25.5. The first-order chi connectivity index (χ1) is 15.7. The number of thiophene rings is 1. The smallest absolute Gasteiger partial charge is 0.346 e. The predicted octanol–water partition coefficient (Wildman–Crippen LogP) is 2.86. The molecule has 0 bridgehead atoms. The minimum Gasteiger partial charge on any atom is -0.477 e. The molecule has 33 heavy (non-hydrogen) atoms. The number of aromatic carboxylic acids is 1. The van der Waals surface area contributed by atoms with Gasteiger partial charge >= 0.3 is 5.97 Å². The third-order valence-corrected chi connectivity index (χ3v) is 7.14. The Morgan fingerprint density at radius 1 is 1.21 bits per heavy atom. The second-order valence-corrected chi connectivity index (χ2v) is 8.87. The van der Waals surface area contributed by atoms with Crippen molar-refractivity contribution >= 4 is 38.9 Å². The number of ether oxygens (including phenoxy) is 1. The molecule has 166 valence electrons. The fourth-order valence-corrected chi connectivity index (χ4v) is 5.56. The molecule has 5 rings (SSSR count). The molecule has 4 aromatic rings. The van der Waals surface area contributed by atoms with E-state index in [0.29, 0.717) is 44.1 Å². The van der Waals surface area contributed by atoms with Crippen LogP contribution in [0, 0.1) is 6.92 Å². The number of benzene rings is 2. The van der Waals surface area contributed by atoms with Gasteiger partial charge in [-0.2, -0.15) is 5.10 Å². The average Bonchev–Trinajstić information content (AvgIpc) is 3.20.